The first-order valence-electron chi connectivity index (χ1n) is 11.9. The van der Waals surface area contributed by atoms with Gasteiger partial charge in [0.25, 0.3) is 0 Å². The van der Waals surface area contributed by atoms with E-state index in [2.05, 4.69) is 18.3 Å². The van der Waals surface area contributed by atoms with Crippen molar-refractivity contribution in [2.24, 2.45) is 0 Å². The molecule has 2 aromatic carbocycles. The van der Waals surface area contributed by atoms with Crippen LogP contribution in [0.3, 0.4) is 0 Å². The van der Waals surface area contributed by atoms with Crippen molar-refractivity contribution in [3.63, 3.8) is 0 Å². The third-order valence-electron chi connectivity index (χ3n) is 6.80. The maximum absolute atomic E-state index is 13.7. The molecule has 2 unspecified atom stereocenters. The molecule has 0 fully saturated rings. The average Bonchev–Trinajstić information content (AvgIpc) is 2.80. The van der Waals surface area contributed by atoms with Crippen molar-refractivity contribution in [2.75, 3.05) is 27.3 Å². The number of hydrogen-bond donors (Lipinski definition) is 2. The molecule has 2 aromatic rings. The Morgan fingerprint density at radius 1 is 1.06 bits per heavy atom. The Labute approximate surface area is 204 Å². The molecule has 3 rings (SSSR count). The van der Waals surface area contributed by atoms with E-state index in [4.69, 9.17) is 9.47 Å². The van der Waals surface area contributed by atoms with Gasteiger partial charge in [-0.15, -0.1) is 12.4 Å². The fraction of sp³-hybridized carbons (Fsp3) is 0.556. The number of ether oxygens (including phenoxy) is 2. The summed E-state index contributed by atoms with van der Waals surface area (Å²) < 4.78 is 24.4. The Bertz CT molecular complexity index is 878. The number of unbranched alkanes of at least 4 members (excludes halogenated alkanes) is 1. The summed E-state index contributed by atoms with van der Waals surface area (Å²) in [6, 6.07) is 11.1. The topological polar surface area (TPSA) is 50.7 Å². The first-order chi connectivity index (χ1) is 15.5. The highest BCUT2D eigenvalue weighted by molar-refractivity contribution is 5.85. The fourth-order valence-electron chi connectivity index (χ4n) is 4.96. The van der Waals surface area contributed by atoms with Crippen LogP contribution in [-0.2, 0) is 12.8 Å². The SMILES string of the molecule is CCCCC1c2ccc(F)cc2CCC1(O)CCNCCCc1ccc(OC)c(OC)c1.Cl. The van der Waals surface area contributed by atoms with Crippen molar-refractivity contribution in [1.29, 1.82) is 0 Å². The van der Waals surface area contributed by atoms with E-state index in [9.17, 15) is 9.50 Å². The second kappa shape index (κ2) is 13.2. The van der Waals surface area contributed by atoms with Crippen LogP contribution in [0.2, 0.25) is 0 Å². The zero-order valence-electron chi connectivity index (χ0n) is 20.2. The van der Waals surface area contributed by atoms with E-state index in [1.54, 1.807) is 20.3 Å². The number of benzene rings is 2. The van der Waals surface area contributed by atoms with Crippen LogP contribution < -0.4 is 14.8 Å². The molecule has 1 aliphatic rings. The van der Waals surface area contributed by atoms with Crippen molar-refractivity contribution in [3.05, 3.63) is 58.9 Å². The summed E-state index contributed by atoms with van der Waals surface area (Å²) in [4.78, 5) is 0. The Morgan fingerprint density at radius 3 is 2.58 bits per heavy atom. The molecule has 0 amide bonds. The molecular formula is C27H39ClFNO3. The molecule has 0 aliphatic heterocycles. The highest BCUT2D eigenvalue weighted by atomic mass is 35.5. The lowest BCUT2D eigenvalue weighted by atomic mass is 9.68. The summed E-state index contributed by atoms with van der Waals surface area (Å²) in [5.41, 5.74) is 2.70. The van der Waals surface area contributed by atoms with E-state index in [-0.39, 0.29) is 24.1 Å². The van der Waals surface area contributed by atoms with Gasteiger partial charge < -0.3 is 19.9 Å². The first kappa shape index (κ1) is 27.4. The van der Waals surface area contributed by atoms with E-state index < -0.39 is 5.60 Å². The van der Waals surface area contributed by atoms with E-state index in [0.29, 0.717) is 12.8 Å². The minimum atomic E-state index is -0.726. The number of aliphatic hydroxyl groups is 1. The molecule has 2 N–H and O–H groups in total. The van der Waals surface area contributed by atoms with Crippen LogP contribution in [0.15, 0.2) is 36.4 Å². The lowest BCUT2D eigenvalue weighted by Crippen LogP contribution is -2.43. The molecule has 0 aromatic heterocycles. The average molecular weight is 480 g/mol. The van der Waals surface area contributed by atoms with E-state index in [0.717, 1.165) is 74.2 Å². The van der Waals surface area contributed by atoms with Crippen molar-refractivity contribution < 1.29 is 19.0 Å². The normalized spacial score (nSPS) is 19.5. The van der Waals surface area contributed by atoms with Crippen molar-refractivity contribution in [2.45, 2.75) is 69.8 Å². The molecule has 184 valence electrons. The van der Waals surface area contributed by atoms with Crippen LogP contribution in [-0.4, -0.2) is 38.0 Å². The van der Waals surface area contributed by atoms with E-state index in [1.807, 2.05) is 18.2 Å². The summed E-state index contributed by atoms with van der Waals surface area (Å²) in [6.45, 7) is 3.85. The molecule has 2 atom stereocenters. The molecule has 0 saturated heterocycles. The minimum absolute atomic E-state index is 0. The Balaban J connectivity index is 0.00000385. The van der Waals surface area contributed by atoms with Crippen LogP contribution in [0, 0.1) is 5.82 Å². The summed E-state index contributed by atoms with van der Waals surface area (Å²) in [7, 11) is 3.30. The van der Waals surface area contributed by atoms with Gasteiger partial charge in [-0.3, -0.25) is 0 Å². The fourth-order valence-corrected chi connectivity index (χ4v) is 4.96. The molecule has 1 aliphatic carbocycles. The van der Waals surface area contributed by atoms with Crippen LogP contribution in [0.4, 0.5) is 4.39 Å². The molecule has 0 spiro atoms. The molecule has 0 heterocycles. The maximum Gasteiger partial charge on any atom is 0.160 e. The van der Waals surface area contributed by atoms with Gasteiger partial charge in [-0.1, -0.05) is 31.9 Å². The first-order valence-corrected chi connectivity index (χ1v) is 11.9. The highest BCUT2D eigenvalue weighted by Crippen LogP contribution is 2.44. The predicted molar refractivity (Wildman–Crippen MR) is 135 cm³/mol. The van der Waals surface area contributed by atoms with Crippen LogP contribution >= 0.6 is 12.4 Å². The molecular weight excluding hydrogens is 441 g/mol. The zero-order valence-corrected chi connectivity index (χ0v) is 21.0. The number of halogens is 2. The van der Waals surface area contributed by atoms with Gasteiger partial charge in [0.1, 0.15) is 5.82 Å². The van der Waals surface area contributed by atoms with Crippen molar-refractivity contribution >= 4 is 12.4 Å². The van der Waals surface area contributed by atoms with Crippen LogP contribution in [0.1, 0.15) is 68.1 Å². The summed E-state index contributed by atoms with van der Waals surface area (Å²) in [5.74, 6) is 1.41. The summed E-state index contributed by atoms with van der Waals surface area (Å²) in [6.07, 6.45) is 7.24. The number of rotatable bonds is 12. The number of methoxy groups -OCH3 is 2. The van der Waals surface area contributed by atoms with Gasteiger partial charge >= 0.3 is 0 Å². The standard InChI is InChI=1S/C27H38FNO3.ClH/c1-4-5-8-24-23-11-10-22(28)19-21(23)13-14-27(24,30)15-17-29-16-6-7-20-9-12-25(31-2)26(18-20)32-3;/h9-12,18-19,24,29-30H,4-8,13-17H2,1-3H3;1H. The molecule has 4 nitrogen and oxygen atoms in total. The van der Waals surface area contributed by atoms with Gasteiger partial charge in [-0.05, 0) is 92.6 Å². The molecule has 0 bridgehead atoms. The largest absolute Gasteiger partial charge is 0.493 e. The van der Waals surface area contributed by atoms with E-state index >= 15 is 0 Å². The molecule has 0 radical (unpaired) electrons. The Hall–Kier alpha value is -1.82. The number of fused-ring (bicyclic) bond motifs is 1. The molecule has 33 heavy (non-hydrogen) atoms. The van der Waals surface area contributed by atoms with Gasteiger partial charge in [0.05, 0.1) is 19.8 Å². The minimum Gasteiger partial charge on any atom is -0.493 e. The smallest absolute Gasteiger partial charge is 0.160 e. The third kappa shape index (κ3) is 7.08. The second-order valence-electron chi connectivity index (χ2n) is 8.93. The predicted octanol–water partition coefficient (Wildman–Crippen LogP) is 5.83. The van der Waals surface area contributed by atoms with Crippen molar-refractivity contribution in [1.82, 2.24) is 5.32 Å². The quantitative estimate of drug-likeness (QED) is 0.376. The number of aryl methyl sites for hydroxylation is 2. The van der Waals surface area contributed by atoms with Gasteiger partial charge in [0.2, 0.25) is 0 Å². The summed E-state index contributed by atoms with van der Waals surface area (Å²) >= 11 is 0. The van der Waals surface area contributed by atoms with Gasteiger partial charge in [-0.25, -0.2) is 4.39 Å². The lowest BCUT2D eigenvalue weighted by Gasteiger charge is -2.42. The lowest BCUT2D eigenvalue weighted by molar-refractivity contribution is -0.0134. The second-order valence-corrected chi connectivity index (χ2v) is 8.93. The van der Waals surface area contributed by atoms with Crippen LogP contribution in [0.5, 0.6) is 11.5 Å². The monoisotopic (exact) mass is 479 g/mol. The highest BCUT2D eigenvalue weighted by Gasteiger charge is 2.40. The summed E-state index contributed by atoms with van der Waals surface area (Å²) in [5, 5.41) is 15.1. The molecule has 0 saturated carbocycles. The molecule has 6 heteroatoms. The van der Waals surface area contributed by atoms with Crippen molar-refractivity contribution in [3.8, 4) is 11.5 Å². The third-order valence-corrected chi connectivity index (χ3v) is 6.80. The van der Waals surface area contributed by atoms with Gasteiger partial charge in [0, 0.05) is 5.92 Å². The van der Waals surface area contributed by atoms with Gasteiger partial charge in [0.15, 0.2) is 11.5 Å². The Morgan fingerprint density at radius 2 is 1.85 bits per heavy atom. The number of nitrogens with one attached hydrogen (secondary N) is 1. The maximum atomic E-state index is 13.7. The Kier molecular flexibility index (Phi) is 10.9. The van der Waals surface area contributed by atoms with Crippen LogP contribution in [0.25, 0.3) is 0 Å². The van der Waals surface area contributed by atoms with E-state index in [1.165, 1.54) is 11.6 Å². The zero-order chi connectivity index (χ0) is 23.0. The van der Waals surface area contributed by atoms with Gasteiger partial charge in [-0.2, -0.15) is 0 Å². The number of hydrogen-bond acceptors (Lipinski definition) is 4.